The van der Waals surface area contributed by atoms with Crippen LogP contribution in [0.1, 0.15) is 39.5 Å². The molecular weight excluding hydrogens is 200 g/mol. The third-order valence-electron chi connectivity index (χ3n) is 4.06. The fourth-order valence-corrected chi connectivity index (χ4v) is 2.66. The summed E-state index contributed by atoms with van der Waals surface area (Å²) in [5, 5.41) is 13.5. The summed E-state index contributed by atoms with van der Waals surface area (Å²) in [7, 11) is 0. The second-order valence-corrected chi connectivity index (χ2v) is 6.04. The predicted octanol–water partition coefficient (Wildman–Crippen LogP) is 1.22. The second kappa shape index (κ2) is 5.03. The monoisotopic (exact) mass is 226 g/mol. The van der Waals surface area contributed by atoms with E-state index in [1.807, 2.05) is 0 Å². The molecule has 1 atom stereocenters. The molecule has 16 heavy (non-hydrogen) atoms. The van der Waals surface area contributed by atoms with E-state index < -0.39 is 0 Å². The largest absolute Gasteiger partial charge is 0.390 e. The third kappa shape index (κ3) is 3.44. The van der Waals surface area contributed by atoms with Crippen LogP contribution in [0.15, 0.2) is 0 Å². The van der Waals surface area contributed by atoms with Crippen molar-refractivity contribution >= 4 is 0 Å². The zero-order valence-electron chi connectivity index (χ0n) is 10.7. The summed E-state index contributed by atoms with van der Waals surface area (Å²) >= 11 is 0. The summed E-state index contributed by atoms with van der Waals surface area (Å²) in [6, 6.07) is 0. The van der Waals surface area contributed by atoms with Crippen molar-refractivity contribution in [3.05, 3.63) is 0 Å². The van der Waals surface area contributed by atoms with Gasteiger partial charge in [0.25, 0.3) is 0 Å². The molecular formula is C13H26N2O. The lowest BCUT2D eigenvalue weighted by molar-refractivity contribution is 0.113. The van der Waals surface area contributed by atoms with Crippen LogP contribution in [0.25, 0.3) is 0 Å². The number of hydrogen-bond acceptors (Lipinski definition) is 3. The van der Waals surface area contributed by atoms with Gasteiger partial charge in [0.15, 0.2) is 0 Å². The van der Waals surface area contributed by atoms with Crippen LogP contribution in [0.2, 0.25) is 0 Å². The maximum Gasteiger partial charge on any atom is 0.0791 e. The van der Waals surface area contributed by atoms with Gasteiger partial charge in [-0.15, -0.1) is 0 Å². The Morgan fingerprint density at radius 3 is 2.50 bits per heavy atom. The van der Waals surface area contributed by atoms with Crippen LogP contribution in [0.4, 0.5) is 0 Å². The standard InChI is InChI=1S/C13H26N2O/c1-13(2,11-5-6-11)14-9-12(16)10-15-7-3-4-8-15/h11-12,14,16H,3-10H2,1-2H3. The first kappa shape index (κ1) is 12.3. The van der Waals surface area contributed by atoms with Crippen molar-refractivity contribution in [3.8, 4) is 0 Å². The summed E-state index contributed by atoms with van der Waals surface area (Å²) in [5.74, 6) is 0.825. The van der Waals surface area contributed by atoms with Crippen molar-refractivity contribution in [2.24, 2.45) is 5.92 Å². The molecule has 94 valence electrons. The Balaban J connectivity index is 1.64. The Hall–Kier alpha value is -0.120. The van der Waals surface area contributed by atoms with Gasteiger partial charge < -0.3 is 15.3 Å². The molecule has 0 amide bonds. The lowest BCUT2D eigenvalue weighted by atomic mass is 9.98. The molecule has 0 spiro atoms. The van der Waals surface area contributed by atoms with E-state index in [-0.39, 0.29) is 11.6 Å². The molecule has 3 nitrogen and oxygen atoms in total. The smallest absolute Gasteiger partial charge is 0.0791 e. The van der Waals surface area contributed by atoms with E-state index in [1.165, 1.54) is 38.8 Å². The molecule has 3 heteroatoms. The number of aliphatic hydroxyl groups is 1. The lowest BCUT2D eigenvalue weighted by Gasteiger charge is -2.29. The maximum atomic E-state index is 9.97. The topological polar surface area (TPSA) is 35.5 Å². The first-order valence-electron chi connectivity index (χ1n) is 6.73. The van der Waals surface area contributed by atoms with Crippen LogP contribution >= 0.6 is 0 Å². The molecule has 2 fully saturated rings. The highest BCUT2D eigenvalue weighted by molar-refractivity contribution is 4.94. The van der Waals surface area contributed by atoms with Gasteiger partial charge in [0, 0.05) is 18.6 Å². The predicted molar refractivity (Wildman–Crippen MR) is 66.5 cm³/mol. The molecule has 1 saturated carbocycles. The van der Waals surface area contributed by atoms with Gasteiger partial charge in [-0.3, -0.25) is 0 Å². The van der Waals surface area contributed by atoms with E-state index in [9.17, 15) is 5.11 Å². The number of rotatable bonds is 6. The second-order valence-electron chi connectivity index (χ2n) is 6.04. The van der Waals surface area contributed by atoms with Gasteiger partial charge in [-0.05, 0) is 58.5 Å². The van der Waals surface area contributed by atoms with Gasteiger partial charge in [0.1, 0.15) is 0 Å². The van der Waals surface area contributed by atoms with Crippen LogP contribution in [0.3, 0.4) is 0 Å². The minimum Gasteiger partial charge on any atom is -0.390 e. The molecule has 0 aromatic heterocycles. The average molecular weight is 226 g/mol. The van der Waals surface area contributed by atoms with E-state index in [4.69, 9.17) is 0 Å². The van der Waals surface area contributed by atoms with Crippen molar-refractivity contribution in [3.63, 3.8) is 0 Å². The van der Waals surface area contributed by atoms with Gasteiger partial charge >= 0.3 is 0 Å². The molecule has 0 aromatic rings. The highest BCUT2D eigenvalue weighted by Gasteiger charge is 2.37. The lowest BCUT2D eigenvalue weighted by Crippen LogP contribution is -2.47. The molecule has 0 aromatic carbocycles. The van der Waals surface area contributed by atoms with Crippen molar-refractivity contribution in [2.45, 2.75) is 51.2 Å². The van der Waals surface area contributed by atoms with Crippen LogP contribution in [-0.2, 0) is 0 Å². The van der Waals surface area contributed by atoms with Gasteiger partial charge in [-0.2, -0.15) is 0 Å². The van der Waals surface area contributed by atoms with Crippen LogP contribution < -0.4 is 5.32 Å². The SMILES string of the molecule is CC(C)(NCC(O)CN1CCCC1)C1CC1. The summed E-state index contributed by atoms with van der Waals surface area (Å²) in [4.78, 5) is 2.37. The van der Waals surface area contributed by atoms with Crippen molar-refractivity contribution in [1.29, 1.82) is 0 Å². The Bertz CT molecular complexity index is 220. The van der Waals surface area contributed by atoms with Crippen molar-refractivity contribution < 1.29 is 5.11 Å². The Kier molecular flexibility index (Phi) is 3.88. The fourth-order valence-electron chi connectivity index (χ4n) is 2.66. The minimum absolute atomic E-state index is 0.212. The molecule has 1 heterocycles. The maximum absolute atomic E-state index is 9.97. The fraction of sp³-hybridized carbons (Fsp3) is 1.00. The number of nitrogens with zero attached hydrogens (tertiary/aromatic N) is 1. The van der Waals surface area contributed by atoms with Crippen molar-refractivity contribution in [2.75, 3.05) is 26.2 Å². The van der Waals surface area contributed by atoms with E-state index >= 15 is 0 Å². The Labute approximate surface area is 99.2 Å². The van der Waals surface area contributed by atoms with E-state index in [0.717, 1.165) is 19.0 Å². The van der Waals surface area contributed by atoms with Crippen LogP contribution in [0.5, 0.6) is 0 Å². The van der Waals surface area contributed by atoms with Gasteiger partial charge in [-0.1, -0.05) is 0 Å². The minimum atomic E-state index is -0.212. The molecule has 2 rings (SSSR count). The van der Waals surface area contributed by atoms with Crippen molar-refractivity contribution in [1.82, 2.24) is 10.2 Å². The number of hydrogen-bond donors (Lipinski definition) is 2. The molecule has 1 unspecified atom stereocenters. The number of likely N-dealkylation sites (tertiary alicyclic amines) is 1. The van der Waals surface area contributed by atoms with E-state index in [2.05, 4.69) is 24.1 Å². The van der Waals surface area contributed by atoms with E-state index in [0.29, 0.717) is 0 Å². The molecule has 0 bridgehead atoms. The molecule has 2 aliphatic rings. The number of nitrogens with one attached hydrogen (secondary N) is 1. The first-order valence-corrected chi connectivity index (χ1v) is 6.73. The zero-order valence-corrected chi connectivity index (χ0v) is 10.7. The van der Waals surface area contributed by atoms with Gasteiger partial charge in [0.2, 0.25) is 0 Å². The highest BCUT2D eigenvalue weighted by Crippen LogP contribution is 2.39. The van der Waals surface area contributed by atoms with E-state index in [1.54, 1.807) is 0 Å². The highest BCUT2D eigenvalue weighted by atomic mass is 16.3. The average Bonchev–Trinajstić information content (AvgIpc) is 2.98. The third-order valence-corrected chi connectivity index (χ3v) is 4.06. The summed E-state index contributed by atoms with van der Waals surface area (Å²) in [5.41, 5.74) is 0.214. The quantitative estimate of drug-likeness (QED) is 0.715. The zero-order chi connectivity index (χ0) is 11.6. The summed E-state index contributed by atoms with van der Waals surface area (Å²) in [6.45, 7) is 8.43. The summed E-state index contributed by atoms with van der Waals surface area (Å²) in [6.07, 6.45) is 5.09. The van der Waals surface area contributed by atoms with Crippen LogP contribution in [0, 0.1) is 5.92 Å². The number of β-amino-alcohol motifs (C(OH)–C–C–N with tert-alkyl or cyclic N) is 1. The molecule has 0 radical (unpaired) electrons. The van der Waals surface area contributed by atoms with Crippen LogP contribution in [-0.4, -0.2) is 47.8 Å². The molecule has 1 saturated heterocycles. The molecule has 1 aliphatic carbocycles. The van der Waals surface area contributed by atoms with Gasteiger partial charge in [0.05, 0.1) is 6.10 Å². The molecule has 1 aliphatic heterocycles. The Morgan fingerprint density at radius 2 is 1.94 bits per heavy atom. The normalized spacial score (nSPS) is 24.9. The molecule has 2 N–H and O–H groups in total. The Morgan fingerprint density at radius 1 is 1.31 bits per heavy atom. The summed E-state index contributed by atoms with van der Waals surface area (Å²) < 4.78 is 0. The first-order chi connectivity index (χ1) is 7.58. The number of aliphatic hydroxyl groups excluding tert-OH is 1. The van der Waals surface area contributed by atoms with Gasteiger partial charge in [-0.25, -0.2) is 0 Å².